The Morgan fingerprint density at radius 1 is 1.25 bits per heavy atom. The Morgan fingerprint density at radius 3 is 2.42 bits per heavy atom. The highest BCUT2D eigenvalue weighted by atomic mass is 15.2. The molecule has 0 amide bonds. The summed E-state index contributed by atoms with van der Waals surface area (Å²) in [6, 6.07) is 0.782. The van der Waals surface area contributed by atoms with Crippen molar-refractivity contribution in [2.24, 2.45) is 11.7 Å². The topological polar surface area (TPSA) is 29.3 Å². The van der Waals surface area contributed by atoms with E-state index in [0.717, 1.165) is 18.5 Å². The van der Waals surface area contributed by atoms with Gasteiger partial charge >= 0.3 is 0 Å². The van der Waals surface area contributed by atoms with Crippen molar-refractivity contribution in [2.45, 2.75) is 39.2 Å². The fourth-order valence-corrected chi connectivity index (χ4v) is 2.47. The third-order valence-electron chi connectivity index (χ3n) is 3.20. The molecule has 1 rings (SSSR count). The molecule has 1 aliphatic carbocycles. The minimum Gasteiger partial charge on any atom is -0.330 e. The summed E-state index contributed by atoms with van der Waals surface area (Å²) in [5.41, 5.74) is 5.74. The predicted octanol–water partition coefficient (Wildman–Crippen LogP) is 1.46. The van der Waals surface area contributed by atoms with Gasteiger partial charge < -0.3 is 10.6 Å². The molecular formula is C10H22N2. The molecule has 72 valence electrons. The van der Waals surface area contributed by atoms with Gasteiger partial charge in [0.15, 0.2) is 0 Å². The fourth-order valence-electron chi connectivity index (χ4n) is 2.47. The molecule has 2 unspecified atom stereocenters. The third kappa shape index (κ3) is 1.99. The number of hydrogen-bond acceptors (Lipinski definition) is 2. The van der Waals surface area contributed by atoms with E-state index in [1.54, 1.807) is 0 Å². The molecule has 0 radical (unpaired) electrons. The molecule has 0 aromatic rings. The minimum atomic E-state index is 0.768. The van der Waals surface area contributed by atoms with Crippen LogP contribution in [0, 0.1) is 5.92 Å². The van der Waals surface area contributed by atoms with Crippen LogP contribution >= 0.6 is 0 Å². The van der Waals surface area contributed by atoms with E-state index < -0.39 is 0 Å². The summed E-state index contributed by atoms with van der Waals surface area (Å²) in [5, 5.41) is 0. The van der Waals surface area contributed by atoms with Crippen LogP contribution in [0.15, 0.2) is 0 Å². The molecule has 0 heterocycles. The highest BCUT2D eigenvalue weighted by molar-refractivity contribution is 4.84. The second kappa shape index (κ2) is 4.83. The van der Waals surface area contributed by atoms with Crippen molar-refractivity contribution in [3.05, 3.63) is 0 Å². The molecular weight excluding hydrogens is 148 g/mol. The Balaban J connectivity index is 2.47. The van der Waals surface area contributed by atoms with Gasteiger partial charge in [-0.2, -0.15) is 0 Å². The van der Waals surface area contributed by atoms with Crippen LogP contribution in [0.3, 0.4) is 0 Å². The lowest BCUT2D eigenvalue weighted by molar-refractivity contribution is 0.179. The van der Waals surface area contributed by atoms with Crippen LogP contribution in [0.5, 0.6) is 0 Å². The largest absolute Gasteiger partial charge is 0.330 e. The fraction of sp³-hybridized carbons (Fsp3) is 1.00. The van der Waals surface area contributed by atoms with Crippen molar-refractivity contribution < 1.29 is 0 Å². The van der Waals surface area contributed by atoms with Gasteiger partial charge in [-0.3, -0.25) is 0 Å². The molecule has 0 saturated heterocycles. The van der Waals surface area contributed by atoms with Gasteiger partial charge in [-0.1, -0.05) is 20.3 Å². The zero-order valence-electron chi connectivity index (χ0n) is 8.42. The van der Waals surface area contributed by atoms with Gasteiger partial charge in [0.25, 0.3) is 0 Å². The highest BCUT2D eigenvalue weighted by Crippen LogP contribution is 2.28. The van der Waals surface area contributed by atoms with Gasteiger partial charge in [0.05, 0.1) is 0 Å². The second-order valence-corrected chi connectivity index (χ2v) is 3.72. The van der Waals surface area contributed by atoms with E-state index >= 15 is 0 Å². The van der Waals surface area contributed by atoms with Crippen molar-refractivity contribution in [3.8, 4) is 0 Å². The van der Waals surface area contributed by atoms with E-state index in [1.807, 2.05) is 0 Å². The first-order valence-corrected chi connectivity index (χ1v) is 5.27. The maximum Gasteiger partial charge on any atom is 0.0135 e. The van der Waals surface area contributed by atoms with Crippen LogP contribution in [-0.2, 0) is 0 Å². The molecule has 12 heavy (non-hydrogen) atoms. The van der Waals surface area contributed by atoms with Crippen LogP contribution in [0.1, 0.15) is 33.1 Å². The summed E-state index contributed by atoms with van der Waals surface area (Å²) >= 11 is 0. The van der Waals surface area contributed by atoms with Crippen molar-refractivity contribution in [1.82, 2.24) is 4.90 Å². The van der Waals surface area contributed by atoms with Gasteiger partial charge in [0.1, 0.15) is 0 Å². The Bertz CT molecular complexity index is 121. The monoisotopic (exact) mass is 170 g/mol. The average molecular weight is 170 g/mol. The number of nitrogens with zero attached hydrogens (tertiary/aromatic N) is 1. The van der Waals surface area contributed by atoms with Crippen molar-refractivity contribution in [2.75, 3.05) is 19.6 Å². The van der Waals surface area contributed by atoms with E-state index in [4.69, 9.17) is 5.73 Å². The van der Waals surface area contributed by atoms with Crippen LogP contribution < -0.4 is 5.73 Å². The average Bonchev–Trinajstić information content (AvgIpc) is 2.55. The van der Waals surface area contributed by atoms with E-state index in [-0.39, 0.29) is 0 Å². The van der Waals surface area contributed by atoms with E-state index in [0.29, 0.717) is 0 Å². The highest BCUT2D eigenvalue weighted by Gasteiger charge is 2.29. The zero-order valence-corrected chi connectivity index (χ0v) is 8.42. The summed E-state index contributed by atoms with van der Waals surface area (Å²) in [7, 11) is 0. The Kier molecular flexibility index (Phi) is 4.02. The molecule has 0 aromatic heterocycles. The molecule has 2 atom stereocenters. The SMILES string of the molecule is CCN(CC)C1CCCC1CN. The Morgan fingerprint density at radius 2 is 1.92 bits per heavy atom. The lowest BCUT2D eigenvalue weighted by Crippen LogP contribution is -2.40. The molecule has 0 bridgehead atoms. The summed E-state index contributed by atoms with van der Waals surface area (Å²) < 4.78 is 0. The standard InChI is InChI=1S/C10H22N2/c1-3-12(4-2)10-7-5-6-9(10)8-11/h9-10H,3-8,11H2,1-2H3. The third-order valence-corrected chi connectivity index (χ3v) is 3.20. The molecule has 2 heteroatoms. The molecule has 0 aliphatic heterocycles. The molecule has 1 fully saturated rings. The summed E-state index contributed by atoms with van der Waals surface area (Å²) in [6.45, 7) is 7.72. The van der Waals surface area contributed by atoms with Gasteiger partial charge in [-0.15, -0.1) is 0 Å². The first-order valence-electron chi connectivity index (χ1n) is 5.27. The van der Waals surface area contributed by atoms with E-state index in [2.05, 4.69) is 18.7 Å². The maximum absolute atomic E-state index is 5.74. The van der Waals surface area contributed by atoms with Crippen molar-refractivity contribution >= 4 is 0 Å². The normalized spacial score (nSPS) is 30.0. The lowest BCUT2D eigenvalue weighted by atomic mass is 10.0. The number of hydrogen-bond donors (Lipinski definition) is 1. The van der Waals surface area contributed by atoms with Gasteiger partial charge in [-0.05, 0) is 38.4 Å². The van der Waals surface area contributed by atoms with E-state index in [1.165, 1.54) is 32.4 Å². The molecule has 0 spiro atoms. The first-order chi connectivity index (χ1) is 5.83. The quantitative estimate of drug-likeness (QED) is 0.692. The lowest BCUT2D eigenvalue weighted by Gasteiger charge is -2.30. The summed E-state index contributed by atoms with van der Waals surface area (Å²) in [4.78, 5) is 2.56. The Hall–Kier alpha value is -0.0800. The van der Waals surface area contributed by atoms with Crippen LogP contribution in [0.4, 0.5) is 0 Å². The van der Waals surface area contributed by atoms with Crippen LogP contribution in [0.25, 0.3) is 0 Å². The van der Waals surface area contributed by atoms with Gasteiger partial charge in [0.2, 0.25) is 0 Å². The van der Waals surface area contributed by atoms with Crippen LogP contribution in [0.2, 0.25) is 0 Å². The van der Waals surface area contributed by atoms with Crippen molar-refractivity contribution in [1.29, 1.82) is 0 Å². The summed E-state index contributed by atoms with van der Waals surface area (Å²) in [5.74, 6) is 0.768. The zero-order chi connectivity index (χ0) is 8.97. The first kappa shape index (κ1) is 10.0. The number of nitrogens with two attached hydrogens (primary N) is 1. The number of rotatable bonds is 4. The maximum atomic E-state index is 5.74. The molecule has 2 N–H and O–H groups in total. The molecule has 1 aliphatic rings. The molecule has 0 aromatic carbocycles. The second-order valence-electron chi connectivity index (χ2n) is 3.72. The smallest absolute Gasteiger partial charge is 0.0135 e. The van der Waals surface area contributed by atoms with Gasteiger partial charge in [0, 0.05) is 6.04 Å². The van der Waals surface area contributed by atoms with Crippen LogP contribution in [-0.4, -0.2) is 30.6 Å². The molecule has 1 saturated carbocycles. The van der Waals surface area contributed by atoms with Crippen molar-refractivity contribution in [3.63, 3.8) is 0 Å². The predicted molar refractivity (Wildman–Crippen MR) is 53.1 cm³/mol. The molecule has 2 nitrogen and oxygen atoms in total. The minimum absolute atomic E-state index is 0.768. The van der Waals surface area contributed by atoms with E-state index in [9.17, 15) is 0 Å². The van der Waals surface area contributed by atoms with Gasteiger partial charge in [-0.25, -0.2) is 0 Å². The Labute approximate surface area is 76.1 Å². The summed E-state index contributed by atoms with van der Waals surface area (Å²) in [6.07, 6.45) is 4.09.